The van der Waals surface area contributed by atoms with Crippen LogP contribution in [0.5, 0.6) is 0 Å². The quantitative estimate of drug-likeness (QED) is 0.429. The first-order valence-electron chi connectivity index (χ1n) is 8.66. The van der Waals surface area contributed by atoms with Crippen LogP contribution in [0.15, 0.2) is 24.3 Å². The lowest BCUT2D eigenvalue weighted by Gasteiger charge is -2.36. The molecular formula is C19H22O6. The second-order valence-electron chi connectivity index (χ2n) is 8.09. The van der Waals surface area contributed by atoms with Crippen molar-refractivity contribution in [1.29, 1.82) is 0 Å². The molecule has 4 aliphatic rings. The standard InChI is InChI=1S/C19H22O6/c1-9-7-12(24-17(22)18(3)8-23-18)14-10(2)16(21)25-15(14)19(4)11(9)5-6-13(19)20/h5-6,9,11-12,14-15H,2,7-8H2,1,3-4H3. The zero-order valence-corrected chi connectivity index (χ0v) is 14.6. The van der Waals surface area contributed by atoms with Gasteiger partial charge < -0.3 is 14.2 Å². The normalized spacial score (nSPS) is 47.8. The molecule has 25 heavy (non-hydrogen) atoms. The number of carbonyl (C=O) groups is 3. The minimum absolute atomic E-state index is 0.0497. The highest BCUT2D eigenvalue weighted by Gasteiger charge is 2.63. The van der Waals surface area contributed by atoms with Gasteiger partial charge in [-0.05, 0) is 38.2 Å². The predicted molar refractivity (Wildman–Crippen MR) is 86.3 cm³/mol. The van der Waals surface area contributed by atoms with Crippen LogP contribution in [-0.2, 0) is 28.6 Å². The zero-order chi connectivity index (χ0) is 18.1. The Hall–Kier alpha value is -1.95. The summed E-state index contributed by atoms with van der Waals surface area (Å²) in [5.74, 6) is -1.49. The third kappa shape index (κ3) is 2.16. The number of carbonyl (C=O) groups excluding carboxylic acids is 3. The van der Waals surface area contributed by atoms with Crippen LogP contribution in [0.3, 0.4) is 0 Å². The molecule has 2 aliphatic carbocycles. The lowest BCUT2D eigenvalue weighted by Crippen LogP contribution is -2.46. The van der Waals surface area contributed by atoms with Crippen molar-refractivity contribution in [3.8, 4) is 0 Å². The number of allylic oxidation sites excluding steroid dienone is 2. The maximum absolute atomic E-state index is 12.6. The first-order valence-corrected chi connectivity index (χ1v) is 8.66. The van der Waals surface area contributed by atoms with Crippen molar-refractivity contribution in [2.75, 3.05) is 6.61 Å². The molecule has 1 saturated carbocycles. The van der Waals surface area contributed by atoms with Gasteiger partial charge in [-0.15, -0.1) is 0 Å². The summed E-state index contributed by atoms with van der Waals surface area (Å²) >= 11 is 0. The van der Waals surface area contributed by atoms with Gasteiger partial charge in [-0.3, -0.25) is 4.79 Å². The van der Waals surface area contributed by atoms with E-state index in [1.54, 1.807) is 13.0 Å². The van der Waals surface area contributed by atoms with Gasteiger partial charge in [0.25, 0.3) is 0 Å². The van der Waals surface area contributed by atoms with Gasteiger partial charge in [0, 0.05) is 5.57 Å². The van der Waals surface area contributed by atoms with Gasteiger partial charge in [-0.2, -0.15) is 0 Å². The van der Waals surface area contributed by atoms with E-state index in [1.807, 2.05) is 19.9 Å². The summed E-state index contributed by atoms with van der Waals surface area (Å²) in [4.78, 5) is 37.2. The van der Waals surface area contributed by atoms with Crippen molar-refractivity contribution in [2.45, 2.75) is 45.0 Å². The molecule has 0 radical (unpaired) electrons. The molecule has 4 rings (SSSR count). The number of esters is 2. The minimum Gasteiger partial charge on any atom is -0.459 e. The second-order valence-corrected chi connectivity index (χ2v) is 8.09. The highest BCUT2D eigenvalue weighted by molar-refractivity contribution is 6.00. The van der Waals surface area contributed by atoms with Gasteiger partial charge >= 0.3 is 11.9 Å². The summed E-state index contributed by atoms with van der Waals surface area (Å²) < 4.78 is 16.5. The number of ether oxygens (including phenoxy) is 3. The van der Waals surface area contributed by atoms with Crippen molar-refractivity contribution in [1.82, 2.24) is 0 Å². The van der Waals surface area contributed by atoms with Crippen LogP contribution in [0, 0.1) is 23.2 Å². The largest absolute Gasteiger partial charge is 0.459 e. The molecule has 2 aliphatic heterocycles. The number of epoxide rings is 1. The fraction of sp³-hybridized carbons (Fsp3) is 0.632. The van der Waals surface area contributed by atoms with E-state index in [0.29, 0.717) is 13.0 Å². The summed E-state index contributed by atoms with van der Waals surface area (Å²) in [6.07, 6.45) is 2.79. The Labute approximate surface area is 146 Å². The maximum atomic E-state index is 12.6. The Kier molecular flexibility index (Phi) is 3.33. The molecule has 2 heterocycles. The predicted octanol–water partition coefficient (Wildman–Crippen LogP) is 1.59. The second kappa shape index (κ2) is 5.04. The Morgan fingerprint density at radius 2 is 2.04 bits per heavy atom. The van der Waals surface area contributed by atoms with E-state index in [-0.39, 0.29) is 23.2 Å². The molecule has 6 nitrogen and oxygen atoms in total. The van der Waals surface area contributed by atoms with Gasteiger partial charge in [0.2, 0.25) is 0 Å². The number of rotatable bonds is 2. The van der Waals surface area contributed by atoms with E-state index in [4.69, 9.17) is 14.2 Å². The van der Waals surface area contributed by atoms with E-state index in [9.17, 15) is 14.4 Å². The van der Waals surface area contributed by atoms with Crippen LogP contribution in [0.2, 0.25) is 0 Å². The lowest BCUT2D eigenvalue weighted by molar-refractivity contribution is -0.160. The van der Waals surface area contributed by atoms with Crippen LogP contribution in [-0.4, -0.2) is 42.1 Å². The molecule has 0 N–H and O–H groups in total. The summed E-state index contributed by atoms with van der Waals surface area (Å²) in [5.41, 5.74) is -1.47. The monoisotopic (exact) mass is 346 g/mol. The first-order chi connectivity index (χ1) is 11.7. The van der Waals surface area contributed by atoms with Crippen molar-refractivity contribution in [2.24, 2.45) is 23.2 Å². The molecule has 3 fully saturated rings. The fourth-order valence-corrected chi connectivity index (χ4v) is 4.61. The molecule has 2 saturated heterocycles. The van der Waals surface area contributed by atoms with Gasteiger partial charge in [-0.25, -0.2) is 9.59 Å². The molecule has 134 valence electrons. The van der Waals surface area contributed by atoms with Crippen LogP contribution in [0.25, 0.3) is 0 Å². The smallest absolute Gasteiger partial charge is 0.340 e. The Morgan fingerprint density at radius 1 is 1.36 bits per heavy atom. The van der Waals surface area contributed by atoms with Gasteiger partial charge in [0.15, 0.2) is 11.4 Å². The van der Waals surface area contributed by atoms with Gasteiger partial charge in [-0.1, -0.05) is 19.6 Å². The number of hydrogen-bond donors (Lipinski definition) is 0. The molecule has 7 unspecified atom stereocenters. The van der Waals surface area contributed by atoms with Crippen LogP contribution < -0.4 is 0 Å². The van der Waals surface area contributed by atoms with Crippen molar-refractivity contribution in [3.63, 3.8) is 0 Å². The molecule has 0 aromatic rings. The van der Waals surface area contributed by atoms with E-state index in [0.717, 1.165) is 0 Å². The molecule has 0 bridgehead atoms. The summed E-state index contributed by atoms with van der Waals surface area (Å²) in [5, 5.41) is 0. The van der Waals surface area contributed by atoms with E-state index in [1.165, 1.54) is 0 Å². The average molecular weight is 346 g/mol. The van der Waals surface area contributed by atoms with E-state index in [2.05, 4.69) is 6.58 Å². The lowest BCUT2D eigenvalue weighted by atomic mass is 9.68. The van der Waals surface area contributed by atoms with Gasteiger partial charge in [0.1, 0.15) is 12.2 Å². The first kappa shape index (κ1) is 16.5. The number of fused-ring (bicyclic) bond motifs is 3. The Bertz CT molecular complexity index is 717. The summed E-state index contributed by atoms with van der Waals surface area (Å²) in [6.45, 7) is 9.76. The highest BCUT2D eigenvalue weighted by Crippen LogP contribution is 2.55. The van der Waals surface area contributed by atoms with Crippen molar-refractivity contribution >= 4 is 17.7 Å². The van der Waals surface area contributed by atoms with E-state index < -0.39 is 41.1 Å². The molecule has 0 aromatic heterocycles. The molecular weight excluding hydrogens is 324 g/mol. The number of hydrogen-bond acceptors (Lipinski definition) is 6. The Morgan fingerprint density at radius 3 is 2.68 bits per heavy atom. The zero-order valence-electron chi connectivity index (χ0n) is 14.6. The van der Waals surface area contributed by atoms with Crippen LogP contribution in [0.1, 0.15) is 27.2 Å². The average Bonchev–Trinajstić information content (AvgIpc) is 3.15. The topological polar surface area (TPSA) is 82.2 Å². The Balaban J connectivity index is 1.72. The number of ketones is 1. The third-order valence-electron chi connectivity index (χ3n) is 6.38. The van der Waals surface area contributed by atoms with Crippen molar-refractivity contribution < 1.29 is 28.6 Å². The molecule has 0 amide bonds. The molecule has 6 heteroatoms. The fourth-order valence-electron chi connectivity index (χ4n) is 4.61. The molecule has 7 atom stereocenters. The van der Waals surface area contributed by atoms with Gasteiger partial charge in [0.05, 0.1) is 17.9 Å². The summed E-state index contributed by atoms with van der Waals surface area (Å²) in [7, 11) is 0. The SMILES string of the molecule is C=C1C(=O)OC2C1C(OC(=O)C1(C)CO1)CC(C)C1C=CC(=O)C12C. The highest BCUT2D eigenvalue weighted by atomic mass is 16.6. The maximum Gasteiger partial charge on any atom is 0.340 e. The molecule has 0 aromatic carbocycles. The van der Waals surface area contributed by atoms with Crippen LogP contribution in [0.4, 0.5) is 0 Å². The van der Waals surface area contributed by atoms with Crippen molar-refractivity contribution in [3.05, 3.63) is 24.3 Å². The van der Waals surface area contributed by atoms with Crippen LogP contribution >= 0.6 is 0 Å². The summed E-state index contributed by atoms with van der Waals surface area (Å²) in [6, 6.07) is 0. The third-order valence-corrected chi connectivity index (χ3v) is 6.38. The molecule has 0 spiro atoms. The minimum atomic E-state index is -0.897. The van der Waals surface area contributed by atoms with E-state index >= 15 is 0 Å².